The van der Waals surface area contributed by atoms with E-state index in [4.69, 9.17) is 14.2 Å². The number of hydrogen-bond donors (Lipinski definition) is 0. The summed E-state index contributed by atoms with van der Waals surface area (Å²) in [6.07, 6.45) is 78.3. The molecule has 0 aliphatic heterocycles. The molecule has 75 heavy (non-hydrogen) atoms. The lowest BCUT2D eigenvalue weighted by Gasteiger charge is -2.18. The van der Waals surface area contributed by atoms with E-state index in [9.17, 15) is 14.4 Å². The van der Waals surface area contributed by atoms with Crippen molar-refractivity contribution in [3.8, 4) is 0 Å². The highest BCUT2D eigenvalue weighted by atomic mass is 16.6. The largest absolute Gasteiger partial charge is 0.462 e. The van der Waals surface area contributed by atoms with Crippen LogP contribution in [0, 0.1) is 0 Å². The Morgan fingerprint density at radius 3 is 0.747 bits per heavy atom. The summed E-state index contributed by atoms with van der Waals surface area (Å²) in [6, 6.07) is 0. The maximum atomic E-state index is 12.8. The van der Waals surface area contributed by atoms with E-state index < -0.39 is 6.10 Å². The van der Waals surface area contributed by atoms with Crippen LogP contribution in [0.25, 0.3) is 0 Å². The molecular formula is C69H130O6. The minimum Gasteiger partial charge on any atom is -0.462 e. The smallest absolute Gasteiger partial charge is 0.306 e. The molecule has 0 rings (SSSR count). The second-order valence-corrected chi connectivity index (χ2v) is 23.1. The highest BCUT2D eigenvalue weighted by Gasteiger charge is 2.19. The van der Waals surface area contributed by atoms with Crippen LogP contribution in [-0.4, -0.2) is 37.2 Å². The Hall–Kier alpha value is -2.11. The van der Waals surface area contributed by atoms with E-state index in [0.29, 0.717) is 19.3 Å². The minimum atomic E-state index is -0.770. The Kier molecular flexibility index (Phi) is 62.6. The van der Waals surface area contributed by atoms with Gasteiger partial charge in [0.25, 0.3) is 0 Å². The molecule has 0 aromatic carbocycles. The molecule has 0 bridgehead atoms. The summed E-state index contributed by atoms with van der Waals surface area (Å²) in [7, 11) is 0. The topological polar surface area (TPSA) is 78.9 Å². The van der Waals surface area contributed by atoms with E-state index >= 15 is 0 Å². The SMILES string of the molecule is CCCCCC/C=C\C/C=C\CCCCCCCCCC(=O)OC(COC(=O)CCCCCCCC)COC(=O)CCCCCCCCCCCCCCCCCCCCCCCCCCCCCCCCCCC. The maximum absolute atomic E-state index is 12.8. The molecule has 0 saturated heterocycles. The molecule has 1 unspecified atom stereocenters. The van der Waals surface area contributed by atoms with Crippen molar-refractivity contribution in [1.82, 2.24) is 0 Å². The normalized spacial score (nSPS) is 12.1. The summed E-state index contributed by atoms with van der Waals surface area (Å²) in [6.45, 7) is 6.62. The number of unbranched alkanes of at least 4 members (excludes halogenated alkanes) is 48. The quantitative estimate of drug-likeness (QED) is 0.0261. The van der Waals surface area contributed by atoms with Gasteiger partial charge in [-0.15, -0.1) is 0 Å². The summed E-state index contributed by atoms with van der Waals surface area (Å²) < 4.78 is 16.8. The lowest BCUT2D eigenvalue weighted by atomic mass is 10.0. The van der Waals surface area contributed by atoms with Crippen LogP contribution in [0.4, 0.5) is 0 Å². The summed E-state index contributed by atoms with van der Waals surface area (Å²) in [5, 5.41) is 0. The van der Waals surface area contributed by atoms with Crippen molar-refractivity contribution in [3.05, 3.63) is 24.3 Å². The molecule has 0 aliphatic rings. The van der Waals surface area contributed by atoms with Gasteiger partial charge in [0, 0.05) is 19.3 Å². The first kappa shape index (κ1) is 72.9. The predicted molar refractivity (Wildman–Crippen MR) is 326 cm³/mol. The molecule has 0 N–H and O–H groups in total. The highest BCUT2D eigenvalue weighted by Crippen LogP contribution is 2.19. The molecule has 442 valence electrons. The summed E-state index contributed by atoms with van der Waals surface area (Å²) in [5.74, 6) is -0.865. The van der Waals surface area contributed by atoms with Crippen molar-refractivity contribution in [2.75, 3.05) is 13.2 Å². The zero-order valence-corrected chi connectivity index (χ0v) is 50.8. The van der Waals surface area contributed by atoms with Crippen LogP contribution >= 0.6 is 0 Å². The molecule has 1 atom stereocenters. The van der Waals surface area contributed by atoms with E-state index in [-0.39, 0.29) is 31.1 Å². The first-order valence-electron chi connectivity index (χ1n) is 33.8. The van der Waals surface area contributed by atoms with Crippen LogP contribution < -0.4 is 0 Å². The van der Waals surface area contributed by atoms with Crippen LogP contribution in [0.15, 0.2) is 24.3 Å². The fraction of sp³-hybridized carbons (Fsp3) is 0.899. The van der Waals surface area contributed by atoms with Gasteiger partial charge in [-0.25, -0.2) is 0 Å². The second kappa shape index (κ2) is 64.4. The fourth-order valence-corrected chi connectivity index (χ4v) is 10.4. The number of allylic oxidation sites excluding steroid dienone is 4. The highest BCUT2D eigenvalue weighted by molar-refractivity contribution is 5.71. The Morgan fingerprint density at radius 1 is 0.267 bits per heavy atom. The number of ether oxygens (including phenoxy) is 3. The van der Waals surface area contributed by atoms with Crippen molar-refractivity contribution in [3.63, 3.8) is 0 Å². The van der Waals surface area contributed by atoms with Crippen molar-refractivity contribution in [2.45, 2.75) is 386 Å². The van der Waals surface area contributed by atoms with E-state index in [2.05, 4.69) is 45.1 Å². The van der Waals surface area contributed by atoms with Gasteiger partial charge in [0.2, 0.25) is 0 Å². The predicted octanol–water partition coefficient (Wildman–Crippen LogP) is 23.0. The third-order valence-corrected chi connectivity index (χ3v) is 15.5. The Balaban J connectivity index is 3.91. The minimum absolute atomic E-state index is 0.0699. The first-order valence-corrected chi connectivity index (χ1v) is 33.8. The number of carbonyl (C=O) groups is 3. The van der Waals surface area contributed by atoms with Gasteiger partial charge in [-0.2, -0.15) is 0 Å². The molecule has 0 aromatic rings. The van der Waals surface area contributed by atoms with Gasteiger partial charge in [0.05, 0.1) is 0 Å². The molecule has 0 radical (unpaired) electrons. The fourth-order valence-electron chi connectivity index (χ4n) is 10.4. The van der Waals surface area contributed by atoms with Crippen LogP contribution in [0.1, 0.15) is 380 Å². The van der Waals surface area contributed by atoms with Gasteiger partial charge in [0.15, 0.2) is 6.10 Å². The van der Waals surface area contributed by atoms with Gasteiger partial charge in [-0.1, -0.05) is 334 Å². The maximum Gasteiger partial charge on any atom is 0.306 e. The zero-order valence-electron chi connectivity index (χ0n) is 50.8. The molecule has 6 nitrogen and oxygen atoms in total. The van der Waals surface area contributed by atoms with Crippen LogP contribution in [0.2, 0.25) is 0 Å². The third-order valence-electron chi connectivity index (χ3n) is 15.5. The molecule has 0 amide bonds. The van der Waals surface area contributed by atoms with E-state index in [1.807, 2.05) is 0 Å². The van der Waals surface area contributed by atoms with E-state index in [1.54, 1.807) is 0 Å². The average Bonchev–Trinajstić information content (AvgIpc) is 3.41. The summed E-state index contributed by atoms with van der Waals surface area (Å²) >= 11 is 0. The molecule has 0 spiro atoms. The second-order valence-electron chi connectivity index (χ2n) is 23.1. The standard InChI is InChI=1S/C69H130O6/c1-4-7-10-13-16-18-20-22-24-26-28-29-30-31-32-33-34-35-36-37-38-39-40-41-42-44-45-47-49-51-53-56-59-62-68(71)74-65-66(64-73-67(70)61-58-55-15-12-9-6-3)75-69(72)63-60-57-54-52-50-48-46-43-27-25-23-21-19-17-14-11-8-5-2/h19,21,25,27,66H,4-18,20,22-24,26,28-65H2,1-3H3/b21-19-,27-25-. The average molecular weight is 1060 g/mol. The van der Waals surface area contributed by atoms with Gasteiger partial charge in [0.1, 0.15) is 13.2 Å². The molecule has 0 saturated carbocycles. The lowest BCUT2D eigenvalue weighted by molar-refractivity contribution is -0.167. The van der Waals surface area contributed by atoms with Crippen molar-refractivity contribution in [2.24, 2.45) is 0 Å². The molecule has 6 heteroatoms. The first-order chi connectivity index (χ1) is 37.0. The molecule has 0 fully saturated rings. The monoisotopic (exact) mass is 1050 g/mol. The van der Waals surface area contributed by atoms with Gasteiger partial charge in [-0.05, 0) is 51.4 Å². The Bertz CT molecular complexity index is 1210. The van der Waals surface area contributed by atoms with Crippen molar-refractivity contribution < 1.29 is 28.6 Å². The molecule has 0 heterocycles. The van der Waals surface area contributed by atoms with E-state index in [1.165, 1.54) is 270 Å². The number of hydrogen-bond acceptors (Lipinski definition) is 6. The van der Waals surface area contributed by atoms with Gasteiger partial charge in [-0.3, -0.25) is 14.4 Å². The lowest BCUT2D eigenvalue weighted by Crippen LogP contribution is -2.30. The van der Waals surface area contributed by atoms with Gasteiger partial charge < -0.3 is 14.2 Å². The van der Waals surface area contributed by atoms with Gasteiger partial charge >= 0.3 is 17.9 Å². The van der Waals surface area contributed by atoms with Crippen molar-refractivity contribution in [1.29, 1.82) is 0 Å². The van der Waals surface area contributed by atoms with Crippen LogP contribution in [0.3, 0.4) is 0 Å². The number of carbonyl (C=O) groups excluding carboxylic acids is 3. The summed E-state index contributed by atoms with van der Waals surface area (Å²) in [4.78, 5) is 38.0. The van der Waals surface area contributed by atoms with E-state index in [0.717, 1.165) is 70.6 Å². The molecule has 0 aliphatic carbocycles. The summed E-state index contributed by atoms with van der Waals surface area (Å²) in [5.41, 5.74) is 0. The van der Waals surface area contributed by atoms with Crippen LogP contribution in [0.5, 0.6) is 0 Å². The zero-order chi connectivity index (χ0) is 54.3. The number of esters is 3. The molecular weight excluding hydrogens is 925 g/mol. The van der Waals surface area contributed by atoms with Crippen LogP contribution in [-0.2, 0) is 28.6 Å². The van der Waals surface area contributed by atoms with Crippen molar-refractivity contribution >= 4 is 17.9 Å². The Labute approximate surface area is 468 Å². The third kappa shape index (κ3) is 62.6. The molecule has 0 aromatic heterocycles. The Morgan fingerprint density at radius 2 is 0.480 bits per heavy atom. The number of rotatable bonds is 63.